The van der Waals surface area contributed by atoms with Crippen LogP contribution in [0.5, 0.6) is 5.75 Å². The highest BCUT2D eigenvalue weighted by atomic mass is 35.5. The Kier molecular flexibility index (Phi) is 7.13. The molecule has 0 atom stereocenters. The van der Waals surface area contributed by atoms with Crippen molar-refractivity contribution in [3.63, 3.8) is 0 Å². The molecule has 26 heavy (non-hydrogen) atoms. The van der Waals surface area contributed by atoms with Crippen LogP contribution in [-0.4, -0.2) is 16.9 Å². The van der Waals surface area contributed by atoms with E-state index in [0.29, 0.717) is 0 Å². The molecule has 1 N–H and O–H groups in total. The fourth-order valence-corrected chi connectivity index (χ4v) is 4.24. The third-order valence-corrected chi connectivity index (χ3v) is 5.65. The molecule has 0 amide bonds. The number of benzene rings is 1. The van der Waals surface area contributed by atoms with E-state index in [4.69, 9.17) is 9.84 Å². The molecule has 1 saturated carbocycles. The second-order valence-corrected chi connectivity index (χ2v) is 7.22. The van der Waals surface area contributed by atoms with E-state index in [2.05, 4.69) is 49.0 Å². The van der Waals surface area contributed by atoms with E-state index >= 15 is 0 Å². The minimum Gasteiger partial charge on any atom is -0.496 e. The van der Waals surface area contributed by atoms with Gasteiger partial charge in [-0.25, -0.2) is 0 Å². The smallest absolute Gasteiger partial charge is 0.123 e. The fourth-order valence-electron chi connectivity index (χ4n) is 4.24. The third-order valence-electron chi connectivity index (χ3n) is 5.65. The predicted molar refractivity (Wildman–Crippen MR) is 109 cm³/mol. The number of para-hydroxylation sites is 1. The molecule has 1 fully saturated rings. The summed E-state index contributed by atoms with van der Waals surface area (Å²) < 4.78 is 7.81. The molecule has 0 radical (unpaired) electrons. The molecule has 0 saturated heterocycles. The van der Waals surface area contributed by atoms with Crippen LogP contribution in [0.25, 0.3) is 0 Å². The van der Waals surface area contributed by atoms with Crippen molar-refractivity contribution in [2.75, 3.05) is 7.11 Å². The van der Waals surface area contributed by atoms with Gasteiger partial charge in [-0.3, -0.25) is 4.68 Å². The Balaban J connectivity index is 0.00000243. The average molecular weight is 378 g/mol. The molecule has 0 spiro atoms. The number of hydrogen-bond acceptors (Lipinski definition) is 3. The first-order valence-corrected chi connectivity index (χ1v) is 9.52. The molecule has 4 nitrogen and oxygen atoms in total. The van der Waals surface area contributed by atoms with E-state index in [0.717, 1.165) is 43.8 Å². The highest BCUT2D eigenvalue weighted by Crippen LogP contribution is 2.42. The predicted octanol–water partition coefficient (Wildman–Crippen LogP) is 4.90. The molecular formula is C21H32ClN3O. The molecule has 0 bridgehead atoms. The minimum absolute atomic E-state index is 0. The summed E-state index contributed by atoms with van der Waals surface area (Å²) in [4.78, 5) is 0. The molecule has 0 aliphatic heterocycles. The number of rotatable bonds is 7. The third kappa shape index (κ3) is 3.91. The van der Waals surface area contributed by atoms with E-state index in [-0.39, 0.29) is 17.9 Å². The topological polar surface area (TPSA) is 39.1 Å². The van der Waals surface area contributed by atoms with Crippen LogP contribution >= 0.6 is 12.4 Å². The van der Waals surface area contributed by atoms with Crippen LogP contribution < -0.4 is 10.1 Å². The first kappa shape index (κ1) is 20.8. The second-order valence-electron chi connectivity index (χ2n) is 7.22. The summed E-state index contributed by atoms with van der Waals surface area (Å²) in [5, 5.41) is 8.63. The monoisotopic (exact) mass is 377 g/mol. The van der Waals surface area contributed by atoms with E-state index in [9.17, 15) is 0 Å². The summed E-state index contributed by atoms with van der Waals surface area (Å²) in [6.45, 7) is 8.37. The van der Waals surface area contributed by atoms with E-state index < -0.39 is 0 Å². The van der Waals surface area contributed by atoms with Gasteiger partial charge in [0.15, 0.2) is 0 Å². The zero-order valence-electron chi connectivity index (χ0n) is 16.5. The van der Waals surface area contributed by atoms with Crippen LogP contribution in [0.2, 0.25) is 0 Å². The Morgan fingerprint density at radius 1 is 1.19 bits per heavy atom. The van der Waals surface area contributed by atoms with Crippen molar-refractivity contribution in [3.8, 4) is 5.75 Å². The fraction of sp³-hybridized carbons (Fsp3) is 0.571. The van der Waals surface area contributed by atoms with Crippen molar-refractivity contribution < 1.29 is 4.74 Å². The molecule has 1 heterocycles. The van der Waals surface area contributed by atoms with Crippen molar-refractivity contribution in [1.82, 2.24) is 15.1 Å². The van der Waals surface area contributed by atoms with Gasteiger partial charge in [0.2, 0.25) is 0 Å². The van der Waals surface area contributed by atoms with Crippen molar-refractivity contribution >= 4 is 12.4 Å². The van der Waals surface area contributed by atoms with Crippen LogP contribution in [0.15, 0.2) is 24.3 Å². The van der Waals surface area contributed by atoms with Gasteiger partial charge in [0.05, 0.1) is 12.8 Å². The zero-order chi connectivity index (χ0) is 17.9. The van der Waals surface area contributed by atoms with Crippen LogP contribution in [0.3, 0.4) is 0 Å². The number of hydrogen-bond donors (Lipinski definition) is 1. The maximum Gasteiger partial charge on any atom is 0.123 e. The maximum absolute atomic E-state index is 5.66. The highest BCUT2D eigenvalue weighted by molar-refractivity contribution is 5.85. The first-order chi connectivity index (χ1) is 12.1. The molecule has 1 aliphatic carbocycles. The van der Waals surface area contributed by atoms with Gasteiger partial charge < -0.3 is 10.1 Å². The number of nitrogens with zero attached hydrogens (tertiary/aromatic N) is 2. The van der Waals surface area contributed by atoms with Gasteiger partial charge in [0.25, 0.3) is 0 Å². The Bertz CT molecular complexity index is 720. The molecule has 1 aromatic carbocycles. The lowest BCUT2D eigenvalue weighted by Crippen LogP contribution is -2.40. The Morgan fingerprint density at radius 2 is 1.88 bits per heavy atom. The van der Waals surface area contributed by atoms with E-state index in [1.807, 2.05) is 6.07 Å². The van der Waals surface area contributed by atoms with Gasteiger partial charge in [0, 0.05) is 35.4 Å². The van der Waals surface area contributed by atoms with Crippen LogP contribution in [0, 0.1) is 13.8 Å². The maximum atomic E-state index is 5.66. The second kappa shape index (κ2) is 8.92. The molecule has 144 valence electrons. The van der Waals surface area contributed by atoms with Gasteiger partial charge in [-0.2, -0.15) is 5.10 Å². The minimum atomic E-state index is 0. The van der Waals surface area contributed by atoms with Crippen molar-refractivity contribution in [3.05, 3.63) is 46.8 Å². The molecule has 1 aliphatic rings. The molecule has 0 unspecified atom stereocenters. The van der Waals surface area contributed by atoms with Crippen LogP contribution in [0.1, 0.15) is 61.5 Å². The summed E-state index contributed by atoms with van der Waals surface area (Å²) in [5.41, 5.74) is 5.09. The number of halogens is 1. The van der Waals surface area contributed by atoms with Gasteiger partial charge in [-0.15, -0.1) is 12.4 Å². The quantitative estimate of drug-likeness (QED) is 0.745. The Hall–Kier alpha value is -1.52. The van der Waals surface area contributed by atoms with Gasteiger partial charge in [-0.05, 0) is 39.2 Å². The van der Waals surface area contributed by atoms with Crippen molar-refractivity contribution in [2.24, 2.45) is 0 Å². The number of aromatic nitrogens is 2. The number of methoxy groups -OCH3 is 1. The molecular weight excluding hydrogens is 346 g/mol. The highest BCUT2D eigenvalue weighted by Gasteiger charge is 2.37. The average Bonchev–Trinajstić information content (AvgIpc) is 3.20. The Labute approximate surface area is 163 Å². The first-order valence-electron chi connectivity index (χ1n) is 9.52. The molecule has 3 rings (SSSR count). The van der Waals surface area contributed by atoms with Gasteiger partial charge >= 0.3 is 0 Å². The number of ether oxygens (including phenoxy) is 1. The normalized spacial score (nSPS) is 15.7. The van der Waals surface area contributed by atoms with Crippen LogP contribution in [-0.2, 0) is 18.6 Å². The summed E-state index contributed by atoms with van der Waals surface area (Å²) >= 11 is 0. The number of nitrogens with one attached hydrogen (secondary N) is 1. The van der Waals surface area contributed by atoms with Crippen molar-refractivity contribution in [2.45, 2.75) is 71.5 Å². The molecule has 1 aromatic heterocycles. The van der Waals surface area contributed by atoms with E-state index in [1.54, 1.807) is 7.11 Å². The van der Waals surface area contributed by atoms with E-state index in [1.165, 1.54) is 29.7 Å². The SMILES string of the molecule is CCCn1nc(C)c(CNC2(c3ccccc3OC)CCCC2)c1C.Cl. The van der Waals surface area contributed by atoms with Gasteiger partial charge in [0.1, 0.15) is 5.75 Å². The molecule has 5 heteroatoms. The summed E-state index contributed by atoms with van der Waals surface area (Å²) in [7, 11) is 1.77. The standard InChI is InChI=1S/C21H31N3O.ClH/c1-5-14-24-17(3)18(16(2)23-24)15-22-21(12-8-9-13-21)19-10-6-7-11-20(19)25-4;/h6-7,10-11,22H,5,8-9,12-15H2,1-4H3;1H. The lowest BCUT2D eigenvalue weighted by Gasteiger charge is -2.32. The van der Waals surface area contributed by atoms with Crippen molar-refractivity contribution in [1.29, 1.82) is 0 Å². The van der Waals surface area contributed by atoms with Crippen LogP contribution in [0.4, 0.5) is 0 Å². The molecule has 2 aromatic rings. The zero-order valence-corrected chi connectivity index (χ0v) is 17.3. The van der Waals surface area contributed by atoms with Gasteiger partial charge in [-0.1, -0.05) is 38.0 Å². The summed E-state index contributed by atoms with van der Waals surface area (Å²) in [5.74, 6) is 0.993. The number of aryl methyl sites for hydroxylation is 2. The summed E-state index contributed by atoms with van der Waals surface area (Å²) in [6, 6.07) is 8.47. The Morgan fingerprint density at radius 3 is 2.54 bits per heavy atom. The largest absolute Gasteiger partial charge is 0.496 e. The summed E-state index contributed by atoms with van der Waals surface area (Å²) in [6.07, 6.45) is 5.96. The lowest BCUT2D eigenvalue weighted by molar-refractivity contribution is 0.316. The lowest BCUT2D eigenvalue weighted by atomic mass is 9.87.